The van der Waals surface area contributed by atoms with Crippen LogP contribution in [0.2, 0.25) is 0 Å². The van der Waals surface area contributed by atoms with E-state index in [-0.39, 0.29) is 0 Å². The van der Waals surface area contributed by atoms with Gasteiger partial charge in [-0.1, -0.05) is 18.2 Å². The van der Waals surface area contributed by atoms with E-state index >= 15 is 0 Å². The summed E-state index contributed by atoms with van der Waals surface area (Å²) in [7, 11) is 0. The Labute approximate surface area is 149 Å². The van der Waals surface area contributed by atoms with Crippen molar-refractivity contribution in [3.05, 3.63) is 65.5 Å². The lowest BCUT2D eigenvalue weighted by molar-refractivity contribution is 0.0588. The van der Waals surface area contributed by atoms with Gasteiger partial charge in [0.05, 0.1) is 17.7 Å². The number of aliphatic hydroxyl groups is 1. The fraction of sp³-hybridized carbons (Fsp3) is 0.400. The van der Waals surface area contributed by atoms with Gasteiger partial charge in [-0.25, -0.2) is 0 Å². The standard InChI is InChI=1S/C20H24N4O/c1-16(19-3-2-8-22-14-19)24-11-9-23(10-12-24)15-20(25)18-6-4-17(13-21)5-7-18/h2-8,14,16,20,25H,9-12,15H2,1H3. The molecule has 0 amide bonds. The lowest BCUT2D eigenvalue weighted by Gasteiger charge is -2.38. The summed E-state index contributed by atoms with van der Waals surface area (Å²) in [6.45, 7) is 6.70. The number of hydrogen-bond donors (Lipinski definition) is 1. The molecule has 25 heavy (non-hydrogen) atoms. The predicted molar refractivity (Wildman–Crippen MR) is 96.8 cm³/mol. The van der Waals surface area contributed by atoms with Gasteiger partial charge < -0.3 is 5.11 Å². The molecule has 0 radical (unpaired) electrons. The summed E-state index contributed by atoms with van der Waals surface area (Å²) in [5.74, 6) is 0. The summed E-state index contributed by atoms with van der Waals surface area (Å²) >= 11 is 0. The molecule has 3 rings (SSSR count). The van der Waals surface area contributed by atoms with Crippen molar-refractivity contribution in [3.63, 3.8) is 0 Å². The molecule has 1 fully saturated rings. The molecular formula is C20H24N4O. The van der Waals surface area contributed by atoms with Crippen molar-refractivity contribution in [2.45, 2.75) is 19.1 Å². The molecule has 0 aliphatic carbocycles. The minimum atomic E-state index is -0.518. The molecule has 0 bridgehead atoms. The van der Waals surface area contributed by atoms with Gasteiger partial charge in [0.1, 0.15) is 0 Å². The Kier molecular flexibility index (Phi) is 5.77. The molecule has 1 aromatic carbocycles. The molecule has 1 aliphatic heterocycles. The molecule has 1 aromatic heterocycles. The second-order valence-corrected chi connectivity index (χ2v) is 6.55. The van der Waals surface area contributed by atoms with Crippen LogP contribution >= 0.6 is 0 Å². The molecular weight excluding hydrogens is 312 g/mol. The number of rotatable bonds is 5. The fourth-order valence-electron chi connectivity index (χ4n) is 3.30. The number of hydrogen-bond acceptors (Lipinski definition) is 5. The highest BCUT2D eigenvalue weighted by Gasteiger charge is 2.23. The van der Waals surface area contributed by atoms with E-state index in [0.29, 0.717) is 18.2 Å². The highest BCUT2D eigenvalue weighted by molar-refractivity contribution is 5.32. The summed E-state index contributed by atoms with van der Waals surface area (Å²) in [5, 5.41) is 19.3. The molecule has 1 saturated heterocycles. The van der Waals surface area contributed by atoms with E-state index in [2.05, 4.69) is 33.8 Å². The lowest BCUT2D eigenvalue weighted by Crippen LogP contribution is -2.48. The van der Waals surface area contributed by atoms with Gasteiger partial charge in [0.15, 0.2) is 0 Å². The van der Waals surface area contributed by atoms with E-state index in [4.69, 9.17) is 5.26 Å². The van der Waals surface area contributed by atoms with Crippen LogP contribution in [0.3, 0.4) is 0 Å². The van der Waals surface area contributed by atoms with Crippen molar-refractivity contribution in [1.29, 1.82) is 5.26 Å². The molecule has 2 atom stereocenters. The zero-order valence-electron chi connectivity index (χ0n) is 14.5. The normalized spacial score (nSPS) is 18.4. The van der Waals surface area contributed by atoms with Gasteiger partial charge in [-0.15, -0.1) is 0 Å². The van der Waals surface area contributed by atoms with Crippen LogP contribution in [0.25, 0.3) is 0 Å². The van der Waals surface area contributed by atoms with Gasteiger partial charge in [-0.3, -0.25) is 14.8 Å². The Balaban J connectivity index is 1.51. The van der Waals surface area contributed by atoms with Crippen molar-refractivity contribution in [1.82, 2.24) is 14.8 Å². The van der Waals surface area contributed by atoms with E-state index in [9.17, 15) is 5.11 Å². The summed E-state index contributed by atoms with van der Waals surface area (Å²) < 4.78 is 0. The number of pyridine rings is 1. The first kappa shape index (κ1) is 17.6. The maximum atomic E-state index is 10.4. The van der Waals surface area contributed by atoms with E-state index in [0.717, 1.165) is 31.7 Å². The van der Waals surface area contributed by atoms with Gasteiger partial charge in [0.2, 0.25) is 0 Å². The number of aromatic nitrogens is 1. The fourth-order valence-corrected chi connectivity index (χ4v) is 3.30. The van der Waals surface area contributed by atoms with Crippen LogP contribution in [0.5, 0.6) is 0 Å². The summed E-state index contributed by atoms with van der Waals surface area (Å²) in [6.07, 6.45) is 3.22. The summed E-state index contributed by atoms with van der Waals surface area (Å²) in [4.78, 5) is 8.97. The van der Waals surface area contributed by atoms with Crippen LogP contribution in [0.1, 0.15) is 35.8 Å². The Morgan fingerprint density at radius 1 is 1.12 bits per heavy atom. The number of β-amino-alcohol motifs (C(OH)–C–C–N with tert-alkyl or cyclic N) is 1. The molecule has 1 N–H and O–H groups in total. The number of nitriles is 1. The molecule has 2 aromatic rings. The third-order valence-corrected chi connectivity index (χ3v) is 4.98. The van der Waals surface area contributed by atoms with Gasteiger partial charge in [-0.2, -0.15) is 5.26 Å². The molecule has 1 aliphatic rings. The first-order chi connectivity index (χ1) is 12.2. The number of benzene rings is 1. The van der Waals surface area contributed by atoms with Crippen LogP contribution in [-0.2, 0) is 0 Å². The lowest BCUT2D eigenvalue weighted by atomic mass is 10.1. The molecule has 2 unspecified atom stereocenters. The van der Waals surface area contributed by atoms with E-state index in [1.165, 1.54) is 5.56 Å². The number of nitrogens with zero attached hydrogens (tertiary/aromatic N) is 4. The average molecular weight is 336 g/mol. The first-order valence-electron chi connectivity index (χ1n) is 8.72. The largest absolute Gasteiger partial charge is 0.387 e. The molecule has 2 heterocycles. The summed E-state index contributed by atoms with van der Waals surface area (Å²) in [6, 6.07) is 13.8. The van der Waals surface area contributed by atoms with Gasteiger partial charge in [-0.05, 0) is 36.2 Å². The maximum Gasteiger partial charge on any atom is 0.0991 e. The van der Waals surface area contributed by atoms with Gasteiger partial charge in [0.25, 0.3) is 0 Å². The van der Waals surface area contributed by atoms with Crippen molar-refractivity contribution in [2.24, 2.45) is 0 Å². The smallest absolute Gasteiger partial charge is 0.0991 e. The Bertz CT molecular complexity index is 703. The van der Waals surface area contributed by atoms with Crippen LogP contribution in [0, 0.1) is 11.3 Å². The van der Waals surface area contributed by atoms with Gasteiger partial charge >= 0.3 is 0 Å². The Hall–Kier alpha value is -2.26. The average Bonchev–Trinajstić information content (AvgIpc) is 2.68. The number of aliphatic hydroxyl groups excluding tert-OH is 1. The van der Waals surface area contributed by atoms with Crippen molar-refractivity contribution in [2.75, 3.05) is 32.7 Å². The van der Waals surface area contributed by atoms with E-state index in [1.807, 2.05) is 24.4 Å². The molecule has 5 nitrogen and oxygen atoms in total. The Morgan fingerprint density at radius 3 is 2.44 bits per heavy atom. The highest BCUT2D eigenvalue weighted by atomic mass is 16.3. The molecule has 5 heteroatoms. The third-order valence-electron chi connectivity index (χ3n) is 4.98. The first-order valence-corrected chi connectivity index (χ1v) is 8.72. The van der Waals surface area contributed by atoms with E-state index < -0.39 is 6.10 Å². The molecule has 0 saturated carbocycles. The van der Waals surface area contributed by atoms with Crippen molar-refractivity contribution >= 4 is 0 Å². The zero-order chi connectivity index (χ0) is 17.6. The third kappa shape index (κ3) is 4.43. The van der Waals surface area contributed by atoms with Gasteiger partial charge in [0, 0.05) is 51.2 Å². The predicted octanol–water partition coefficient (Wildman–Crippen LogP) is 2.37. The quantitative estimate of drug-likeness (QED) is 0.908. The summed E-state index contributed by atoms with van der Waals surface area (Å²) in [5.41, 5.74) is 2.73. The van der Waals surface area contributed by atoms with Crippen molar-refractivity contribution < 1.29 is 5.11 Å². The number of piperazine rings is 1. The zero-order valence-corrected chi connectivity index (χ0v) is 14.5. The molecule has 130 valence electrons. The van der Waals surface area contributed by atoms with Crippen LogP contribution in [-0.4, -0.2) is 52.6 Å². The maximum absolute atomic E-state index is 10.4. The second-order valence-electron chi connectivity index (χ2n) is 6.55. The van der Waals surface area contributed by atoms with E-state index in [1.54, 1.807) is 18.3 Å². The SMILES string of the molecule is CC(c1cccnc1)N1CCN(CC(O)c2ccc(C#N)cc2)CC1. The topological polar surface area (TPSA) is 63.4 Å². The highest BCUT2D eigenvalue weighted by Crippen LogP contribution is 2.22. The second kappa shape index (κ2) is 8.21. The van der Waals surface area contributed by atoms with Crippen molar-refractivity contribution in [3.8, 4) is 6.07 Å². The molecule has 0 spiro atoms. The van der Waals surface area contributed by atoms with Crippen LogP contribution < -0.4 is 0 Å². The van der Waals surface area contributed by atoms with Crippen LogP contribution in [0.15, 0.2) is 48.8 Å². The Morgan fingerprint density at radius 2 is 1.84 bits per heavy atom. The minimum Gasteiger partial charge on any atom is -0.387 e. The van der Waals surface area contributed by atoms with Crippen LogP contribution in [0.4, 0.5) is 0 Å². The monoisotopic (exact) mass is 336 g/mol. The minimum absolute atomic E-state index is 0.360.